The van der Waals surface area contributed by atoms with Crippen molar-refractivity contribution in [2.24, 2.45) is 0 Å². The molecule has 0 aliphatic carbocycles. The smallest absolute Gasteiger partial charge is 0.260 e. The van der Waals surface area contributed by atoms with Gasteiger partial charge >= 0.3 is 0 Å². The molecule has 1 saturated heterocycles. The van der Waals surface area contributed by atoms with Gasteiger partial charge < -0.3 is 14.4 Å². The minimum absolute atomic E-state index is 0.0163. The van der Waals surface area contributed by atoms with Crippen LogP contribution in [0.3, 0.4) is 0 Å². The minimum atomic E-state index is -0.233. The van der Waals surface area contributed by atoms with Crippen molar-refractivity contribution < 1.29 is 18.7 Å². The van der Waals surface area contributed by atoms with Crippen LogP contribution in [0.4, 0.5) is 4.39 Å². The first-order valence-electron chi connectivity index (χ1n) is 8.96. The standard InChI is InChI=1S/C21H24FNO3/c1-25-19-9-11-20(12-10-19)26-15-21(24)23-13-3-2-4-17(14-23)16-5-7-18(22)8-6-16/h5-12,17H,2-4,13-15H2,1H3. The summed E-state index contributed by atoms with van der Waals surface area (Å²) >= 11 is 0. The Morgan fingerprint density at radius 2 is 1.77 bits per heavy atom. The molecule has 0 N–H and O–H groups in total. The van der Waals surface area contributed by atoms with Crippen molar-refractivity contribution in [1.29, 1.82) is 0 Å². The Labute approximate surface area is 153 Å². The summed E-state index contributed by atoms with van der Waals surface area (Å²) in [6.07, 6.45) is 3.05. The first-order chi connectivity index (χ1) is 12.7. The van der Waals surface area contributed by atoms with Crippen LogP contribution in [0, 0.1) is 5.82 Å². The fraction of sp³-hybridized carbons (Fsp3) is 0.381. The average Bonchev–Trinajstić information content (AvgIpc) is 2.93. The van der Waals surface area contributed by atoms with Crippen molar-refractivity contribution >= 4 is 5.91 Å². The van der Waals surface area contributed by atoms with Gasteiger partial charge in [0.05, 0.1) is 7.11 Å². The van der Waals surface area contributed by atoms with E-state index in [1.165, 1.54) is 12.1 Å². The molecule has 0 aromatic heterocycles. The molecule has 1 fully saturated rings. The summed E-state index contributed by atoms with van der Waals surface area (Å²) in [7, 11) is 1.61. The van der Waals surface area contributed by atoms with Gasteiger partial charge in [0.2, 0.25) is 0 Å². The van der Waals surface area contributed by atoms with E-state index in [1.54, 1.807) is 31.4 Å². The molecule has 0 bridgehead atoms. The first-order valence-corrected chi connectivity index (χ1v) is 8.96. The number of amides is 1. The highest BCUT2D eigenvalue weighted by atomic mass is 19.1. The number of nitrogens with zero attached hydrogens (tertiary/aromatic N) is 1. The Morgan fingerprint density at radius 1 is 1.08 bits per heavy atom. The lowest BCUT2D eigenvalue weighted by molar-refractivity contribution is -0.133. The van der Waals surface area contributed by atoms with E-state index in [0.717, 1.165) is 37.1 Å². The third-order valence-electron chi connectivity index (χ3n) is 4.79. The molecule has 1 unspecified atom stereocenters. The maximum atomic E-state index is 13.2. The molecule has 138 valence electrons. The molecule has 1 heterocycles. The predicted molar refractivity (Wildman–Crippen MR) is 98.1 cm³/mol. The topological polar surface area (TPSA) is 38.8 Å². The molecule has 2 aromatic carbocycles. The second-order valence-corrected chi connectivity index (χ2v) is 6.55. The summed E-state index contributed by atoms with van der Waals surface area (Å²) in [4.78, 5) is 14.5. The summed E-state index contributed by atoms with van der Waals surface area (Å²) in [5.41, 5.74) is 1.09. The van der Waals surface area contributed by atoms with Crippen LogP contribution < -0.4 is 9.47 Å². The Kier molecular flexibility index (Phi) is 6.10. The molecule has 26 heavy (non-hydrogen) atoms. The zero-order valence-electron chi connectivity index (χ0n) is 15.0. The number of hydrogen-bond acceptors (Lipinski definition) is 3. The van der Waals surface area contributed by atoms with E-state index < -0.39 is 0 Å². The SMILES string of the molecule is COc1ccc(OCC(=O)N2CCCCC(c3ccc(F)cc3)C2)cc1. The van der Waals surface area contributed by atoms with Gasteiger partial charge in [0.15, 0.2) is 6.61 Å². The number of likely N-dealkylation sites (tertiary alicyclic amines) is 1. The van der Waals surface area contributed by atoms with Crippen LogP contribution in [-0.4, -0.2) is 37.6 Å². The molecule has 3 rings (SSSR count). The zero-order chi connectivity index (χ0) is 18.4. The molecular weight excluding hydrogens is 333 g/mol. The summed E-state index contributed by atoms with van der Waals surface area (Å²) in [5.74, 6) is 1.38. The van der Waals surface area contributed by atoms with Gasteiger partial charge in [0, 0.05) is 19.0 Å². The van der Waals surface area contributed by atoms with Gasteiger partial charge in [0.25, 0.3) is 5.91 Å². The van der Waals surface area contributed by atoms with Gasteiger partial charge in [-0.25, -0.2) is 4.39 Å². The van der Waals surface area contributed by atoms with Gasteiger partial charge in [-0.3, -0.25) is 4.79 Å². The number of ether oxygens (including phenoxy) is 2. The molecule has 1 aliphatic rings. The summed E-state index contributed by atoms with van der Waals surface area (Å²) in [6.45, 7) is 1.40. The van der Waals surface area contributed by atoms with Crippen molar-refractivity contribution in [3.8, 4) is 11.5 Å². The molecule has 0 radical (unpaired) electrons. The third-order valence-corrected chi connectivity index (χ3v) is 4.79. The highest BCUT2D eigenvalue weighted by molar-refractivity contribution is 5.78. The number of rotatable bonds is 5. The van der Waals surface area contributed by atoms with Crippen LogP contribution in [0.1, 0.15) is 30.7 Å². The Bertz CT molecular complexity index is 715. The lowest BCUT2D eigenvalue weighted by atomic mass is 9.94. The van der Waals surface area contributed by atoms with Crippen molar-refractivity contribution in [3.63, 3.8) is 0 Å². The Morgan fingerprint density at radius 3 is 2.46 bits per heavy atom. The highest BCUT2D eigenvalue weighted by Crippen LogP contribution is 2.27. The van der Waals surface area contributed by atoms with E-state index >= 15 is 0 Å². The normalized spacial score (nSPS) is 17.5. The predicted octanol–water partition coefficient (Wildman–Crippen LogP) is 4.01. The van der Waals surface area contributed by atoms with Gasteiger partial charge in [0.1, 0.15) is 17.3 Å². The third kappa shape index (κ3) is 4.75. The maximum Gasteiger partial charge on any atom is 0.260 e. The maximum absolute atomic E-state index is 13.2. The van der Waals surface area contributed by atoms with Crippen LogP contribution in [0.15, 0.2) is 48.5 Å². The second-order valence-electron chi connectivity index (χ2n) is 6.55. The largest absolute Gasteiger partial charge is 0.497 e. The molecule has 4 nitrogen and oxygen atoms in total. The van der Waals surface area contributed by atoms with E-state index in [-0.39, 0.29) is 24.2 Å². The quantitative estimate of drug-likeness (QED) is 0.812. The molecule has 0 spiro atoms. The average molecular weight is 357 g/mol. The number of halogens is 1. The van der Waals surface area contributed by atoms with Crippen molar-refractivity contribution in [1.82, 2.24) is 4.90 Å². The van der Waals surface area contributed by atoms with Crippen molar-refractivity contribution in [2.75, 3.05) is 26.8 Å². The van der Waals surface area contributed by atoms with Crippen molar-refractivity contribution in [2.45, 2.75) is 25.2 Å². The molecular formula is C21H24FNO3. The van der Waals surface area contributed by atoms with Crippen LogP contribution in [0.2, 0.25) is 0 Å². The number of benzene rings is 2. The van der Waals surface area contributed by atoms with Crippen LogP contribution in [0.25, 0.3) is 0 Å². The fourth-order valence-electron chi connectivity index (χ4n) is 3.28. The van der Waals surface area contributed by atoms with Gasteiger partial charge in [-0.2, -0.15) is 0 Å². The van der Waals surface area contributed by atoms with Crippen molar-refractivity contribution in [3.05, 3.63) is 59.9 Å². The van der Waals surface area contributed by atoms with Crippen LogP contribution in [-0.2, 0) is 4.79 Å². The summed E-state index contributed by atoms with van der Waals surface area (Å²) in [6, 6.07) is 13.8. The molecule has 5 heteroatoms. The second kappa shape index (κ2) is 8.70. The fourth-order valence-corrected chi connectivity index (χ4v) is 3.28. The Hall–Kier alpha value is -2.56. The molecule has 2 aromatic rings. The highest BCUT2D eigenvalue weighted by Gasteiger charge is 2.23. The van der Waals surface area contributed by atoms with E-state index in [2.05, 4.69) is 0 Å². The van der Waals surface area contributed by atoms with Crippen LogP contribution >= 0.6 is 0 Å². The van der Waals surface area contributed by atoms with Gasteiger partial charge in [-0.05, 0) is 54.8 Å². The monoisotopic (exact) mass is 357 g/mol. The number of carbonyl (C=O) groups excluding carboxylic acids is 1. The van der Waals surface area contributed by atoms with Gasteiger partial charge in [-0.1, -0.05) is 18.6 Å². The minimum Gasteiger partial charge on any atom is -0.497 e. The molecule has 1 atom stereocenters. The van der Waals surface area contributed by atoms with Crippen LogP contribution in [0.5, 0.6) is 11.5 Å². The number of methoxy groups -OCH3 is 1. The molecule has 1 aliphatic heterocycles. The van der Waals surface area contributed by atoms with E-state index in [9.17, 15) is 9.18 Å². The number of carbonyl (C=O) groups is 1. The lowest BCUT2D eigenvalue weighted by Crippen LogP contribution is -2.37. The molecule has 0 saturated carbocycles. The zero-order valence-corrected chi connectivity index (χ0v) is 15.0. The molecule has 1 amide bonds. The Balaban J connectivity index is 1.59. The lowest BCUT2D eigenvalue weighted by Gasteiger charge is -2.25. The number of hydrogen-bond donors (Lipinski definition) is 0. The van der Waals surface area contributed by atoms with E-state index in [4.69, 9.17) is 9.47 Å². The van der Waals surface area contributed by atoms with Gasteiger partial charge in [-0.15, -0.1) is 0 Å². The first kappa shape index (κ1) is 18.2. The van der Waals surface area contributed by atoms with E-state index in [0.29, 0.717) is 12.3 Å². The summed E-state index contributed by atoms with van der Waals surface area (Å²) < 4.78 is 23.9. The summed E-state index contributed by atoms with van der Waals surface area (Å²) in [5, 5.41) is 0. The van der Waals surface area contributed by atoms with E-state index in [1.807, 2.05) is 17.0 Å².